The highest BCUT2D eigenvalue weighted by Crippen LogP contribution is 2.36. The zero-order chi connectivity index (χ0) is 14.9. The van der Waals surface area contributed by atoms with Crippen LogP contribution in [0.15, 0.2) is 12.1 Å². The van der Waals surface area contributed by atoms with Crippen LogP contribution in [-0.2, 0) is 0 Å². The smallest absolute Gasteiger partial charge is 0.0757 e. The molecule has 1 aromatic heterocycles. The number of aryl methyl sites for hydroxylation is 3. The molecule has 20 heavy (non-hydrogen) atoms. The molecule has 0 aliphatic carbocycles. The summed E-state index contributed by atoms with van der Waals surface area (Å²) in [5, 5.41) is 4.96. The minimum absolute atomic E-state index is 0.478. The van der Waals surface area contributed by atoms with Gasteiger partial charge in [-0.05, 0) is 49.8 Å². The molecule has 1 heterocycles. The van der Waals surface area contributed by atoms with Gasteiger partial charge in [-0.25, -0.2) is 0 Å². The second-order valence-electron chi connectivity index (χ2n) is 5.99. The lowest BCUT2D eigenvalue weighted by Crippen LogP contribution is -2.09. The van der Waals surface area contributed by atoms with E-state index in [4.69, 9.17) is 4.98 Å². The minimum Gasteiger partial charge on any atom is -0.384 e. The van der Waals surface area contributed by atoms with Crippen LogP contribution in [0.2, 0.25) is 0 Å². The van der Waals surface area contributed by atoms with Crippen LogP contribution in [0.1, 0.15) is 55.5 Å². The van der Waals surface area contributed by atoms with Crippen molar-refractivity contribution in [2.75, 3.05) is 11.9 Å². The van der Waals surface area contributed by atoms with Crippen molar-refractivity contribution in [3.8, 4) is 0 Å². The Labute approximate surface area is 122 Å². The summed E-state index contributed by atoms with van der Waals surface area (Å²) in [6, 6.07) is 4.37. The zero-order valence-electron chi connectivity index (χ0n) is 13.6. The van der Waals surface area contributed by atoms with Crippen molar-refractivity contribution in [2.24, 2.45) is 0 Å². The van der Waals surface area contributed by atoms with Gasteiger partial charge in [-0.15, -0.1) is 0 Å². The number of aromatic nitrogens is 1. The van der Waals surface area contributed by atoms with Gasteiger partial charge < -0.3 is 5.32 Å². The van der Waals surface area contributed by atoms with Gasteiger partial charge in [0.2, 0.25) is 0 Å². The normalized spacial score (nSPS) is 11.3. The molecule has 2 rings (SSSR count). The molecule has 108 valence electrons. The predicted octanol–water partition coefficient (Wildman–Crippen LogP) is 5.11. The summed E-state index contributed by atoms with van der Waals surface area (Å²) >= 11 is 0. The zero-order valence-corrected chi connectivity index (χ0v) is 13.6. The van der Waals surface area contributed by atoms with Gasteiger partial charge in [0.25, 0.3) is 0 Å². The number of pyridine rings is 1. The molecule has 2 nitrogen and oxygen atoms in total. The fraction of sp³-hybridized carbons (Fsp3) is 0.500. The van der Waals surface area contributed by atoms with Crippen molar-refractivity contribution in [1.82, 2.24) is 4.98 Å². The van der Waals surface area contributed by atoms with Crippen LogP contribution in [0, 0.1) is 20.8 Å². The Hall–Kier alpha value is -1.57. The van der Waals surface area contributed by atoms with E-state index < -0.39 is 0 Å². The van der Waals surface area contributed by atoms with Gasteiger partial charge in [-0.3, -0.25) is 4.98 Å². The molecule has 0 saturated carbocycles. The molecule has 0 fully saturated rings. The fourth-order valence-electron chi connectivity index (χ4n) is 2.94. The van der Waals surface area contributed by atoms with Crippen molar-refractivity contribution < 1.29 is 0 Å². The summed E-state index contributed by atoms with van der Waals surface area (Å²) < 4.78 is 0. The van der Waals surface area contributed by atoms with E-state index in [0.717, 1.165) is 24.2 Å². The molecule has 0 aliphatic rings. The first kappa shape index (κ1) is 14.8. The molecule has 2 heteroatoms. The highest BCUT2D eigenvalue weighted by molar-refractivity contribution is 5.97. The number of hydrogen-bond donors (Lipinski definition) is 1. The molecule has 0 aliphatic heterocycles. The van der Waals surface area contributed by atoms with Gasteiger partial charge in [0.15, 0.2) is 0 Å². The number of nitrogens with zero attached hydrogens (tertiary/aromatic N) is 1. The fourth-order valence-corrected chi connectivity index (χ4v) is 2.94. The summed E-state index contributed by atoms with van der Waals surface area (Å²) in [5.41, 5.74) is 7.51. The van der Waals surface area contributed by atoms with Crippen LogP contribution in [0.4, 0.5) is 5.69 Å². The first-order valence-corrected chi connectivity index (χ1v) is 7.61. The maximum absolute atomic E-state index is 4.89. The van der Waals surface area contributed by atoms with Crippen molar-refractivity contribution in [3.63, 3.8) is 0 Å². The second kappa shape index (κ2) is 5.82. The third kappa shape index (κ3) is 2.52. The van der Waals surface area contributed by atoms with E-state index in [1.54, 1.807) is 0 Å². The average Bonchev–Trinajstić information content (AvgIpc) is 2.39. The lowest BCUT2D eigenvalue weighted by atomic mass is 9.93. The standard InChI is InChI=1S/C18H26N2/c1-7-10-19-18-15(11(2)3)14(6)20-17-13(5)9-8-12(4)16(17)18/h8-9,11H,7,10H2,1-6H3,(H,19,20). The van der Waals surface area contributed by atoms with Gasteiger partial charge in [-0.1, -0.05) is 32.9 Å². The molecule has 2 aromatic rings. The van der Waals surface area contributed by atoms with E-state index >= 15 is 0 Å². The largest absolute Gasteiger partial charge is 0.384 e. The molecule has 0 saturated heterocycles. The Bertz CT molecular complexity index is 627. The average molecular weight is 270 g/mol. The SMILES string of the molecule is CCCNc1c(C(C)C)c(C)nc2c(C)ccc(C)c12. The number of hydrogen-bond acceptors (Lipinski definition) is 2. The summed E-state index contributed by atoms with van der Waals surface area (Å²) in [4.78, 5) is 4.89. The Balaban J connectivity index is 2.84. The molecule has 0 bridgehead atoms. The Morgan fingerprint density at radius 1 is 1.10 bits per heavy atom. The molecule has 0 radical (unpaired) electrons. The van der Waals surface area contributed by atoms with Gasteiger partial charge in [0.1, 0.15) is 0 Å². The summed E-state index contributed by atoms with van der Waals surface area (Å²) in [6.45, 7) is 14.2. The number of benzene rings is 1. The van der Waals surface area contributed by atoms with Gasteiger partial charge in [0, 0.05) is 23.3 Å². The topological polar surface area (TPSA) is 24.9 Å². The Morgan fingerprint density at radius 2 is 1.75 bits per heavy atom. The van der Waals surface area contributed by atoms with Gasteiger partial charge >= 0.3 is 0 Å². The maximum atomic E-state index is 4.89. The van der Waals surface area contributed by atoms with Crippen LogP contribution in [-0.4, -0.2) is 11.5 Å². The number of rotatable bonds is 4. The van der Waals surface area contributed by atoms with E-state index in [2.05, 4.69) is 59.0 Å². The van der Waals surface area contributed by atoms with E-state index in [1.807, 2.05) is 0 Å². The number of fused-ring (bicyclic) bond motifs is 1. The van der Waals surface area contributed by atoms with Crippen LogP contribution >= 0.6 is 0 Å². The Kier molecular flexibility index (Phi) is 4.32. The molecule has 1 N–H and O–H groups in total. The van der Waals surface area contributed by atoms with E-state index in [1.165, 1.54) is 27.8 Å². The van der Waals surface area contributed by atoms with Crippen LogP contribution < -0.4 is 5.32 Å². The third-order valence-electron chi connectivity index (χ3n) is 3.91. The maximum Gasteiger partial charge on any atom is 0.0757 e. The lowest BCUT2D eigenvalue weighted by molar-refractivity contribution is 0.844. The van der Waals surface area contributed by atoms with Crippen molar-refractivity contribution >= 4 is 16.6 Å². The highest BCUT2D eigenvalue weighted by atomic mass is 14.9. The van der Waals surface area contributed by atoms with Crippen LogP contribution in [0.25, 0.3) is 10.9 Å². The Morgan fingerprint density at radius 3 is 2.35 bits per heavy atom. The third-order valence-corrected chi connectivity index (χ3v) is 3.91. The second-order valence-corrected chi connectivity index (χ2v) is 5.99. The molecule has 0 amide bonds. The van der Waals surface area contributed by atoms with Gasteiger partial charge in [-0.2, -0.15) is 0 Å². The molecular formula is C18H26N2. The van der Waals surface area contributed by atoms with Crippen molar-refractivity contribution in [3.05, 3.63) is 34.5 Å². The highest BCUT2D eigenvalue weighted by Gasteiger charge is 2.17. The number of nitrogens with one attached hydrogen (secondary N) is 1. The van der Waals surface area contributed by atoms with Crippen molar-refractivity contribution in [2.45, 2.75) is 53.9 Å². The van der Waals surface area contributed by atoms with E-state index in [9.17, 15) is 0 Å². The number of anilines is 1. The molecule has 0 unspecified atom stereocenters. The first-order chi connectivity index (χ1) is 9.47. The quantitative estimate of drug-likeness (QED) is 0.835. The monoisotopic (exact) mass is 270 g/mol. The molecule has 0 spiro atoms. The summed E-state index contributed by atoms with van der Waals surface area (Å²) in [6.07, 6.45) is 1.13. The van der Waals surface area contributed by atoms with E-state index in [0.29, 0.717) is 5.92 Å². The van der Waals surface area contributed by atoms with E-state index in [-0.39, 0.29) is 0 Å². The molecular weight excluding hydrogens is 244 g/mol. The van der Waals surface area contributed by atoms with Crippen LogP contribution in [0.3, 0.4) is 0 Å². The molecule has 1 aromatic carbocycles. The van der Waals surface area contributed by atoms with Crippen LogP contribution in [0.5, 0.6) is 0 Å². The minimum atomic E-state index is 0.478. The van der Waals surface area contributed by atoms with Crippen molar-refractivity contribution in [1.29, 1.82) is 0 Å². The summed E-state index contributed by atoms with van der Waals surface area (Å²) in [5.74, 6) is 0.478. The lowest BCUT2D eigenvalue weighted by Gasteiger charge is -2.21. The van der Waals surface area contributed by atoms with Gasteiger partial charge in [0.05, 0.1) is 5.52 Å². The predicted molar refractivity (Wildman–Crippen MR) is 88.8 cm³/mol. The summed E-state index contributed by atoms with van der Waals surface area (Å²) in [7, 11) is 0. The first-order valence-electron chi connectivity index (χ1n) is 7.61. The molecule has 0 atom stereocenters.